The highest BCUT2D eigenvalue weighted by atomic mass is 79.9. The van der Waals surface area contributed by atoms with Crippen LogP contribution in [-0.2, 0) is 0 Å². The molecule has 0 aliphatic heterocycles. The second-order valence-electron chi connectivity index (χ2n) is 4.81. The minimum Gasteiger partial charge on any atom is -0.382 e. The number of anilines is 1. The molecule has 21 heavy (non-hydrogen) atoms. The first kappa shape index (κ1) is 14.2. The van der Waals surface area contributed by atoms with Crippen molar-refractivity contribution >= 4 is 33.3 Å². The Hall–Kier alpha value is -1.78. The smallest absolute Gasteiger partial charge is 0.153 e. The average Bonchev–Trinajstić information content (AvgIpc) is 2.83. The van der Waals surface area contributed by atoms with Gasteiger partial charge < -0.3 is 5.73 Å². The van der Waals surface area contributed by atoms with Gasteiger partial charge in [-0.2, -0.15) is 5.10 Å². The van der Waals surface area contributed by atoms with Crippen molar-refractivity contribution in [1.29, 1.82) is 0 Å². The summed E-state index contributed by atoms with van der Waals surface area (Å²) in [4.78, 5) is 0. The van der Waals surface area contributed by atoms with Crippen LogP contribution in [0, 0.1) is 6.92 Å². The molecule has 0 saturated carbocycles. The maximum Gasteiger partial charge on any atom is 0.153 e. The quantitative estimate of drug-likeness (QED) is 0.670. The molecule has 0 aliphatic rings. The van der Waals surface area contributed by atoms with E-state index in [1.807, 2.05) is 49.4 Å². The lowest BCUT2D eigenvalue weighted by atomic mass is 10.00. The van der Waals surface area contributed by atoms with Crippen LogP contribution in [0.1, 0.15) is 5.56 Å². The van der Waals surface area contributed by atoms with Crippen molar-refractivity contribution in [3.05, 3.63) is 57.5 Å². The zero-order valence-electron chi connectivity index (χ0n) is 11.3. The molecule has 0 spiro atoms. The first-order chi connectivity index (χ1) is 10.1. The highest BCUT2D eigenvalue weighted by Crippen LogP contribution is 2.39. The van der Waals surface area contributed by atoms with Crippen LogP contribution in [-0.4, -0.2) is 10.2 Å². The lowest BCUT2D eigenvalue weighted by Gasteiger charge is -2.09. The first-order valence-corrected chi connectivity index (χ1v) is 7.60. The Balaban J connectivity index is 2.24. The van der Waals surface area contributed by atoms with Crippen LogP contribution in [0.5, 0.6) is 0 Å². The fourth-order valence-electron chi connectivity index (χ4n) is 2.33. The minimum atomic E-state index is 0.459. The van der Waals surface area contributed by atoms with Crippen molar-refractivity contribution in [2.75, 3.05) is 5.73 Å². The number of aromatic amines is 1. The molecule has 106 valence electrons. The van der Waals surface area contributed by atoms with Gasteiger partial charge in [-0.15, -0.1) is 0 Å². The van der Waals surface area contributed by atoms with Gasteiger partial charge in [0.2, 0.25) is 0 Å². The Labute approximate surface area is 136 Å². The van der Waals surface area contributed by atoms with E-state index < -0.39 is 0 Å². The number of aryl methyl sites for hydroxylation is 1. The predicted octanol–water partition coefficient (Wildman–Crippen LogP) is 5.05. The Kier molecular flexibility index (Phi) is 3.74. The average molecular weight is 363 g/mol. The standard InChI is InChI=1S/C16H13BrClN3/c1-9-4-2-7-12(14(9)17)15-13(16(19)21-20-15)10-5-3-6-11(18)8-10/h2-8H,1H3,(H3,19,20,21). The number of aromatic nitrogens is 2. The molecule has 0 unspecified atom stereocenters. The molecule has 3 aromatic rings. The molecule has 0 aliphatic carbocycles. The molecule has 0 bridgehead atoms. The molecule has 5 heteroatoms. The molecule has 3 rings (SSSR count). The molecular weight excluding hydrogens is 350 g/mol. The Bertz CT molecular complexity index is 811. The van der Waals surface area contributed by atoms with E-state index in [9.17, 15) is 0 Å². The highest BCUT2D eigenvalue weighted by molar-refractivity contribution is 9.10. The van der Waals surface area contributed by atoms with E-state index in [1.165, 1.54) is 0 Å². The molecule has 1 heterocycles. The van der Waals surface area contributed by atoms with E-state index in [-0.39, 0.29) is 0 Å². The van der Waals surface area contributed by atoms with Crippen molar-refractivity contribution < 1.29 is 0 Å². The Morgan fingerprint density at radius 3 is 2.71 bits per heavy atom. The van der Waals surface area contributed by atoms with E-state index >= 15 is 0 Å². The van der Waals surface area contributed by atoms with Crippen LogP contribution < -0.4 is 5.73 Å². The van der Waals surface area contributed by atoms with Crippen molar-refractivity contribution in [2.24, 2.45) is 0 Å². The molecule has 0 saturated heterocycles. The van der Waals surface area contributed by atoms with Gasteiger partial charge in [0, 0.05) is 15.1 Å². The maximum atomic E-state index is 6.09. The number of nitrogens with one attached hydrogen (secondary N) is 1. The topological polar surface area (TPSA) is 54.7 Å². The number of benzene rings is 2. The van der Waals surface area contributed by atoms with Crippen LogP contribution in [0.15, 0.2) is 46.9 Å². The Morgan fingerprint density at radius 2 is 1.95 bits per heavy atom. The van der Waals surface area contributed by atoms with Crippen molar-refractivity contribution in [3.63, 3.8) is 0 Å². The number of rotatable bonds is 2. The molecular formula is C16H13BrClN3. The van der Waals surface area contributed by atoms with Gasteiger partial charge in [-0.1, -0.05) is 41.9 Å². The summed E-state index contributed by atoms with van der Waals surface area (Å²) in [6.45, 7) is 2.05. The SMILES string of the molecule is Cc1cccc(-c2[nH]nc(N)c2-c2cccc(Cl)c2)c1Br. The number of H-pyrrole nitrogens is 1. The number of nitrogens with two attached hydrogens (primary N) is 1. The van der Waals surface area contributed by atoms with Gasteiger partial charge >= 0.3 is 0 Å². The second kappa shape index (κ2) is 5.54. The van der Waals surface area contributed by atoms with Gasteiger partial charge in [0.1, 0.15) is 0 Å². The van der Waals surface area contributed by atoms with Gasteiger partial charge in [-0.05, 0) is 46.1 Å². The lowest BCUT2D eigenvalue weighted by Crippen LogP contribution is -1.90. The summed E-state index contributed by atoms with van der Waals surface area (Å²) < 4.78 is 1.02. The second-order valence-corrected chi connectivity index (χ2v) is 6.04. The first-order valence-electron chi connectivity index (χ1n) is 6.43. The molecule has 0 fully saturated rings. The molecule has 0 amide bonds. The van der Waals surface area contributed by atoms with Crippen molar-refractivity contribution in [3.8, 4) is 22.4 Å². The number of hydrogen-bond donors (Lipinski definition) is 2. The third-order valence-corrected chi connectivity index (χ3v) is 4.66. The van der Waals surface area contributed by atoms with Gasteiger partial charge in [0.15, 0.2) is 5.82 Å². The van der Waals surface area contributed by atoms with Crippen LogP contribution >= 0.6 is 27.5 Å². The van der Waals surface area contributed by atoms with Crippen LogP contribution in [0.4, 0.5) is 5.82 Å². The zero-order valence-corrected chi connectivity index (χ0v) is 13.7. The fraction of sp³-hybridized carbons (Fsp3) is 0.0625. The summed E-state index contributed by atoms with van der Waals surface area (Å²) in [6.07, 6.45) is 0. The summed E-state index contributed by atoms with van der Waals surface area (Å²) in [5.74, 6) is 0.459. The minimum absolute atomic E-state index is 0.459. The van der Waals surface area contributed by atoms with E-state index in [0.717, 1.165) is 32.4 Å². The van der Waals surface area contributed by atoms with Gasteiger partial charge in [-0.25, -0.2) is 0 Å². The number of halogens is 2. The summed E-state index contributed by atoms with van der Waals surface area (Å²) in [5, 5.41) is 7.86. The highest BCUT2D eigenvalue weighted by Gasteiger charge is 2.17. The summed E-state index contributed by atoms with van der Waals surface area (Å²) >= 11 is 9.72. The summed E-state index contributed by atoms with van der Waals surface area (Å²) in [5.41, 5.74) is 10.9. The largest absolute Gasteiger partial charge is 0.382 e. The maximum absolute atomic E-state index is 6.09. The Morgan fingerprint density at radius 1 is 1.19 bits per heavy atom. The van der Waals surface area contributed by atoms with E-state index in [1.54, 1.807) is 0 Å². The number of nitrogen functional groups attached to an aromatic ring is 1. The van der Waals surface area contributed by atoms with Crippen LogP contribution in [0.25, 0.3) is 22.4 Å². The predicted molar refractivity (Wildman–Crippen MR) is 91.3 cm³/mol. The van der Waals surface area contributed by atoms with Crippen LogP contribution in [0.3, 0.4) is 0 Å². The summed E-state index contributed by atoms with van der Waals surface area (Å²) in [7, 11) is 0. The molecule has 3 nitrogen and oxygen atoms in total. The van der Waals surface area contributed by atoms with Crippen molar-refractivity contribution in [2.45, 2.75) is 6.92 Å². The van der Waals surface area contributed by atoms with Gasteiger partial charge in [0.05, 0.1) is 11.3 Å². The molecule has 1 aromatic heterocycles. The van der Waals surface area contributed by atoms with Gasteiger partial charge in [0.25, 0.3) is 0 Å². The summed E-state index contributed by atoms with van der Waals surface area (Å²) in [6, 6.07) is 13.7. The third kappa shape index (κ3) is 2.57. The zero-order chi connectivity index (χ0) is 15.0. The third-order valence-electron chi connectivity index (χ3n) is 3.37. The number of hydrogen-bond acceptors (Lipinski definition) is 2. The van der Waals surface area contributed by atoms with E-state index in [4.69, 9.17) is 17.3 Å². The van der Waals surface area contributed by atoms with Gasteiger partial charge in [-0.3, -0.25) is 5.10 Å². The van der Waals surface area contributed by atoms with E-state index in [2.05, 4.69) is 26.1 Å². The molecule has 3 N–H and O–H groups in total. The monoisotopic (exact) mass is 361 g/mol. The molecule has 2 aromatic carbocycles. The van der Waals surface area contributed by atoms with Crippen LogP contribution in [0.2, 0.25) is 5.02 Å². The fourth-order valence-corrected chi connectivity index (χ4v) is 2.98. The molecule has 0 radical (unpaired) electrons. The van der Waals surface area contributed by atoms with E-state index in [0.29, 0.717) is 10.8 Å². The normalized spacial score (nSPS) is 10.8. The number of nitrogens with zero attached hydrogens (tertiary/aromatic N) is 1. The molecule has 0 atom stereocenters. The lowest BCUT2D eigenvalue weighted by molar-refractivity contribution is 1.10. The van der Waals surface area contributed by atoms with Crippen molar-refractivity contribution in [1.82, 2.24) is 10.2 Å².